The van der Waals surface area contributed by atoms with Crippen LogP contribution in [0.4, 0.5) is 4.39 Å². The van der Waals surface area contributed by atoms with Crippen LogP contribution in [0.3, 0.4) is 0 Å². The monoisotopic (exact) mass is 197 g/mol. The first-order chi connectivity index (χ1) is 6.63. The van der Waals surface area contributed by atoms with Gasteiger partial charge in [0.05, 0.1) is 19.2 Å². The summed E-state index contributed by atoms with van der Waals surface area (Å²) in [5.74, 6) is -0.909. The van der Waals surface area contributed by atoms with Crippen LogP contribution in [0.15, 0.2) is 18.3 Å². The Bertz CT molecular complexity index is 310. The molecule has 1 heterocycles. The second kappa shape index (κ2) is 4.69. The van der Waals surface area contributed by atoms with Crippen molar-refractivity contribution in [2.24, 2.45) is 5.92 Å². The summed E-state index contributed by atoms with van der Waals surface area (Å²) in [5.41, 5.74) is 0.685. The summed E-state index contributed by atoms with van der Waals surface area (Å²) in [5, 5.41) is 0. The van der Waals surface area contributed by atoms with Gasteiger partial charge in [-0.1, -0.05) is 6.92 Å². The molecule has 0 amide bonds. The van der Waals surface area contributed by atoms with Crippen LogP contribution in [0.1, 0.15) is 12.6 Å². The summed E-state index contributed by atoms with van der Waals surface area (Å²) >= 11 is 0. The number of aromatic nitrogens is 1. The molecule has 3 nitrogen and oxygen atoms in total. The van der Waals surface area contributed by atoms with Gasteiger partial charge in [0.25, 0.3) is 0 Å². The number of halogens is 1. The van der Waals surface area contributed by atoms with Crippen molar-refractivity contribution in [2.45, 2.75) is 13.3 Å². The maximum atomic E-state index is 12.5. The van der Waals surface area contributed by atoms with Crippen molar-refractivity contribution >= 4 is 5.97 Å². The lowest BCUT2D eigenvalue weighted by molar-refractivity contribution is -0.144. The topological polar surface area (TPSA) is 39.2 Å². The van der Waals surface area contributed by atoms with Crippen LogP contribution in [0.25, 0.3) is 0 Å². The molecule has 0 aliphatic heterocycles. The van der Waals surface area contributed by atoms with E-state index in [-0.39, 0.29) is 17.7 Å². The first kappa shape index (κ1) is 10.6. The average Bonchev–Trinajstić information content (AvgIpc) is 2.20. The lowest BCUT2D eigenvalue weighted by Gasteiger charge is -2.07. The van der Waals surface area contributed by atoms with Crippen LogP contribution < -0.4 is 0 Å². The molecule has 0 aromatic carbocycles. The van der Waals surface area contributed by atoms with E-state index in [0.717, 1.165) is 6.20 Å². The molecule has 0 aliphatic rings. The van der Waals surface area contributed by atoms with Gasteiger partial charge in [-0.05, 0) is 12.1 Å². The van der Waals surface area contributed by atoms with Gasteiger partial charge in [0.15, 0.2) is 0 Å². The summed E-state index contributed by atoms with van der Waals surface area (Å²) in [4.78, 5) is 14.9. The number of rotatable bonds is 3. The minimum Gasteiger partial charge on any atom is -0.469 e. The van der Waals surface area contributed by atoms with E-state index in [9.17, 15) is 9.18 Å². The van der Waals surface area contributed by atoms with Gasteiger partial charge in [0, 0.05) is 12.1 Å². The van der Waals surface area contributed by atoms with Gasteiger partial charge in [-0.2, -0.15) is 0 Å². The molecule has 1 rings (SSSR count). The van der Waals surface area contributed by atoms with Gasteiger partial charge in [0.1, 0.15) is 5.82 Å². The molecule has 14 heavy (non-hydrogen) atoms. The van der Waals surface area contributed by atoms with E-state index in [1.54, 1.807) is 13.0 Å². The first-order valence-corrected chi connectivity index (χ1v) is 4.31. The number of ether oxygens (including phenoxy) is 1. The van der Waals surface area contributed by atoms with E-state index in [2.05, 4.69) is 9.72 Å². The van der Waals surface area contributed by atoms with Gasteiger partial charge in [-0.25, -0.2) is 4.39 Å². The fourth-order valence-corrected chi connectivity index (χ4v) is 1.13. The SMILES string of the molecule is COC(=O)C(C)Cc1ccc(F)cn1. The summed E-state index contributed by atoms with van der Waals surface area (Å²) < 4.78 is 17.1. The van der Waals surface area contributed by atoms with Crippen molar-refractivity contribution in [1.82, 2.24) is 4.98 Å². The molecule has 0 bridgehead atoms. The van der Waals surface area contributed by atoms with Crippen LogP contribution in [0.5, 0.6) is 0 Å². The fourth-order valence-electron chi connectivity index (χ4n) is 1.13. The Morgan fingerprint density at radius 1 is 1.64 bits per heavy atom. The predicted molar refractivity (Wildman–Crippen MR) is 49.1 cm³/mol. The number of esters is 1. The molecular formula is C10H12FNO2. The number of hydrogen-bond donors (Lipinski definition) is 0. The lowest BCUT2D eigenvalue weighted by Crippen LogP contribution is -2.15. The van der Waals surface area contributed by atoms with Crippen LogP contribution in [-0.2, 0) is 16.0 Å². The Morgan fingerprint density at radius 2 is 2.36 bits per heavy atom. The second-order valence-electron chi connectivity index (χ2n) is 3.10. The van der Waals surface area contributed by atoms with Crippen molar-refractivity contribution in [3.8, 4) is 0 Å². The first-order valence-electron chi connectivity index (χ1n) is 4.31. The molecular weight excluding hydrogens is 185 g/mol. The molecule has 4 heteroatoms. The zero-order valence-electron chi connectivity index (χ0n) is 8.16. The maximum Gasteiger partial charge on any atom is 0.308 e. The molecule has 0 spiro atoms. The third-order valence-corrected chi connectivity index (χ3v) is 1.91. The van der Waals surface area contributed by atoms with E-state index < -0.39 is 0 Å². The Labute approximate surface area is 81.9 Å². The quantitative estimate of drug-likeness (QED) is 0.690. The number of nitrogens with zero attached hydrogens (tertiary/aromatic N) is 1. The maximum absolute atomic E-state index is 12.5. The van der Waals surface area contributed by atoms with Crippen LogP contribution in [0.2, 0.25) is 0 Å². The van der Waals surface area contributed by atoms with Crippen molar-refractivity contribution in [3.05, 3.63) is 29.8 Å². The molecule has 1 aromatic heterocycles. The Kier molecular flexibility index (Phi) is 3.56. The Morgan fingerprint density at radius 3 is 2.86 bits per heavy atom. The van der Waals surface area contributed by atoms with Crippen LogP contribution in [0, 0.1) is 11.7 Å². The highest BCUT2D eigenvalue weighted by Crippen LogP contribution is 2.07. The van der Waals surface area contributed by atoms with E-state index >= 15 is 0 Å². The standard InChI is InChI=1S/C10H12FNO2/c1-7(10(13)14-2)5-9-4-3-8(11)6-12-9/h3-4,6-7H,5H2,1-2H3. The largest absolute Gasteiger partial charge is 0.469 e. The Hall–Kier alpha value is -1.45. The molecule has 0 N–H and O–H groups in total. The number of hydrogen-bond acceptors (Lipinski definition) is 3. The summed E-state index contributed by atoms with van der Waals surface area (Å²) in [6, 6.07) is 2.89. The molecule has 0 saturated heterocycles. The minimum absolute atomic E-state index is 0.252. The normalized spacial score (nSPS) is 12.2. The third kappa shape index (κ3) is 2.80. The van der Waals surface area contributed by atoms with E-state index in [1.807, 2.05) is 0 Å². The van der Waals surface area contributed by atoms with E-state index in [0.29, 0.717) is 12.1 Å². The molecule has 76 valence electrons. The molecule has 1 unspecified atom stereocenters. The molecule has 0 saturated carbocycles. The lowest BCUT2D eigenvalue weighted by atomic mass is 10.1. The van der Waals surface area contributed by atoms with Gasteiger partial charge in [-0.3, -0.25) is 9.78 Å². The van der Waals surface area contributed by atoms with Crippen molar-refractivity contribution in [1.29, 1.82) is 0 Å². The van der Waals surface area contributed by atoms with Crippen LogP contribution in [-0.4, -0.2) is 18.1 Å². The highest BCUT2D eigenvalue weighted by molar-refractivity contribution is 5.72. The van der Waals surface area contributed by atoms with E-state index in [4.69, 9.17) is 0 Å². The number of pyridine rings is 1. The zero-order chi connectivity index (χ0) is 10.6. The number of carbonyl (C=O) groups is 1. The van der Waals surface area contributed by atoms with Gasteiger partial charge in [0.2, 0.25) is 0 Å². The molecule has 0 radical (unpaired) electrons. The zero-order valence-corrected chi connectivity index (χ0v) is 8.16. The van der Waals surface area contributed by atoms with Gasteiger partial charge >= 0.3 is 5.97 Å². The van der Waals surface area contributed by atoms with Crippen LogP contribution >= 0.6 is 0 Å². The number of carbonyl (C=O) groups excluding carboxylic acids is 1. The van der Waals surface area contributed by atoms with E-state index in [1.165, 1.54) is 13.2 Å². The predicted octanol–water partition coefficient (Wildman–Crippen LogP) is 1.57. The van der Waals surface area contributed by atoms with Gasteiger partial charge in [-0.15, -0.1) is 0 Å². The molecule has 0 fully saturated rings. The summed E-state index contributed by atoms with van der Waals surface area (Å²) in [7, 11) is 1.34. The minimum atomic E-state index is -0.375. The third-order valence-electron chi connectivity index (χ3n) is 1.91. The van der Waals surface area contributed by atoms with Crippen molar-refractivity contribution < 1.29 is 13.9 Å². The summed E-state index contributed by atoms with van der Waals surface area (Å²) in [6.45, 7) is 1.75. The van der Waals surface area contributed by atoms with Gasteiger partial charge < -0.3 is 4.74 Å². The highest BCUT2D eigenvalue weighted by atomic mass is 19.1. The molecule has 0 aliphatic carbocycles. The van der Waals surface area contributed by atoms with Crippen molar-refractivity contribution in [2.75, 3.05) is 7.11 Å². The van der Waals surface area contributed by atoms with Crippen molar-refractivity contribution in [3.63, 3.8) is 0 Å². The summed E-state index contributed by atoms with van der Waals surface area (Å²) in [6.07, 6.45) is 1.60. The fraction of sp³-hybridized carbons (Fsp3) is 0.400. The highest BCUT2D eigenvalue weighted by Gasteiger charge is 2.14. The Balaban J connectivity index is 2.60. The average molecular weight is 197 g/mol. The molecule has 1 atom stereocenters. The molecule has 1 aromatic rings. The second-order valence-corrected chi connectivity index (χ2v) is 3.10. The smallest absolute Gasteiger partial charge is 0.308 e. The number of methoxy groups -OCH3 is 1.